The minimum atomic E-state index is -0.378. The van der Waals surface area contributed by atoms with E-state index >= 15 is 0 Å². The lowest BCUT2D eigenvalue weighted by Crippen LogP contribution is -2.34. The van der Waals surface area contributed by atoms with Crippen molar-refractivity contribution >= 4 is 11.6 Å². The van der Waals surface area contributed by atoms with Crippen LogP contribution in [0.3, 0.4) is 0 Å². The van der Waals surface area contributed by atoms with E-state index in [9.17, 15) is 0 Å². The van der Waals surface area contributed by atoms with Crippen LogP contribution in [0, 0.1) is 0 Å². The van der Waals surface area contributed by atoms with E-state index in [4.69, 9.17) is 21.9 Å². The van der Waals surface area contributed by atoms with E-state index in [0.717, 1.165) is 37.1 Å². The van der Waals surface area contributed by atoms with Crippen molar-refractivity contribution in [2.75, 3.05) is 0 Å². The van der Waals surface area contributed by atoms with Gasteiger partial charge in [0.05, 0.1) is 5.54 Å². The Bertz CT molecular complexity index is 663. The summed E-state index contributed by atoms with van der Waals surface area (Å²) < 4.78 is 5.47. The molecule has 2 atom stereocenters. The average molecular weight is 304 g/mol. The smallest absolute Gasteiger partial charge is 0.230 e. The molecule has 5 heteroatoms. The number of benzene rings is 1. The highest BCUT2D eigenvalue weighted by Gasteiger charge is 2.46. The Morgan fingerprint density at radius 2 is 1.95 bits per heavy atom. The van der Waals surface area contributed by atoms with Gasteiger partial charge in [-0.1, -0.05) is 47.8 Å². The minimum Gasteiger partial charge on any atom is -0.339 e. The second kappa shape index (κ2) is 4.82. The molecular formula is C16H18ClN3O. The molecule has 21 heavy (non-hydrogen) atoms. The highest BCUT2D eigenvalue weighted by Crippen LogP contribution is 2.55. The molecule has 4 rings (SSSR count). The zero-order valence-electron chi connectivity index (χ0n) is 11.8. The molecule has 2 aliphatic rings. The molecule has 0 amide bonds. The first kappa shape index (κ1) is 13.3. The van der Waals surface area contributed by atoms with Crippen LogP contribution in [0.1, 0.15) is 61.2 Å². The van der Waals surface area contributed by atoms with Crippen molar-refractivity contribution in [2.24, 2.45) is 5.73 Å². The van der Waals surface area contributed by atoms with E-state index in [1.165, 1.54) is 5.56 Å². The number of nitrogens with two attached hydrogens (primary N) is 1. The predicted octanol–water partition coefficient (Wildman–Crippen LogP) is 3.72. The van der Waals surface area contributed by atoms with Gasteiger partial charge in [-0.05, 0) is 36.8 Å². The fraction of sp³-hybridized carbons (Fsp3) is 0.500. The molecule has 2 aromatic rings. The third-order valence-electron chi connectivity index (χ3n) is 4.80. The van der Waals surface area contributed by atoms with Gasteiger partial charge in [0.25, 0.3) is 0 Å². The van der Waals surface area contributed by atoms with E-state index in [2.05, 4.69) is 16.2 Å². The summed E-state index contributed by atoms with van der Waals surface area (Å²) in [6.07, 6.45) is 5.20. The summed E-state index contributed by atoms with van der Waals surface area (Å²) in [5, 5.41) is 4.95. The molecule has 0 aliphatic heterocycles. The number of halogens is 1. The summed E-state index contributed by atoms with van der Waals surface area (Å²) in [6, 6.07) is 7.97. The Morgan fingerprint density at radius 3 is 2.71 bits per heavy atom. The van der Waals surface area contributed by atoms with Crippen molar-refractivity contribution < 1.29 is 4.52 Å². The quantitative estimate of drug-likeness (QED) is 0.938. The van der Waals surface area contributed by atoms with Crippen molar-refractivity contribution in [3.05, 3.63) is 46.6 Å². The van der Waals surface area contributed by atoms with Crippen LogP contribution in [0.4, 0.5) is 0 Å². The lowest BCUT2D eigenvalue weighted by atomic mass is 9.99. The minimum absolute atomic E-state index is 0.288. The van der Waals surface area contributed by atoms with Crippen molar-refractivity contribution in [1.82, 2.24) is 10.1 Å². The first-order valence-electron chi connectivity index (χ1n) is 7.55. The van der Waals surface area contributed by atoms with Gasteiger partial charge in [-0.15, -0.1) is 0 Å². The largest absolute Gasteiger partial charge is 0.339 e. The van der Waals surface area contributed by atoms with Crippen LogP contribution in [0.2, 0.25) is 5.02 Å². The van der Waals surface area contributed by atoms with E-state index in [1.807, 2.05) is 18.2 Å². The summed E-state index contributed by atoms with van der Waals surface area (Å²) >= 11 is 6.26. The molecule has 0 bridgehead atoms. The maximum atomic E-state index is 6.38. The lowest BCUT2D eigenvalue weighted by Gasteiger charge is -2.17. The average Bonchev–Trinajstić information content (AvgIpc) is 2.90. The molecule has 4 nitrogen and oxygen atoms in total. The maximum Gasteiger partial charge on any atom is 0.230 e. The number of hydrogen-bond donors (Lipinski definition) is 1. The zero-order valence-corrected chi connectivity index (χ0v) is 12.5. The highest BCUT2D eigenvalue weighted by atomic mass is 35.5. The number of rotatable bonds is 3. The molecule has 2 saturated carbocycles. The molecule has 0 radical (unpaired) electrons. The second-order valence-electron chi connectivity index (χ2n) is 6.29. The first-order chi connectivity index (χ1) is 10.2. The van der Waals surface area contributed by atoms with E-state index in [1.54, 1.807) is 0 Å². The highest BCUT2D eigenvalue weighted by molar-refractivity contribution is 6.31. The van der Waals surface area contributed by atoms with Gasteiger partial charge in [0.1, 0.15) is 0 Å². The Balaban J connectivity index is 1.54. The molecule has 0 spiro atoms. The fourth-order valence-electron chi connectivity index (χ4n) is 3.40. The molecular weight excluding hydrogens is 286 g/mol. The van der Waals surface area contributed by atoms with Crippen molar-refractivity contribution in [3.8, 4) is 0 Å². The second-order valence-corrected chi connectivity index (χ2v) is 6.70. The fourth-order valence-corrected chi connectivity index (χ4v) is 3.68. The molecule has 1 heterocycles. The van der Waals surface area contributed by atoms with Crippen molar-refractivity contribution in [1.29, 1.82) is 0 Å². The van der Waals surface area contributed by atoms with Crippen LogP contribution >= 0.6 is 11.6 Å². The molecule has 2 fully saturated rings. The Morgan fingerprint density at radius 1 is 1.19 bits per heavy atom. The third-order valence-corrected chi connectivity index (χ3v) is 5.14. The van der Waals surface area contributed by atoms with Gasteiger partial charge in [-0.25, -0.2) is 0 Å². The van der Waals surface area contributed by atoms with Gasteiger partial charge in [-0.2, -0.15) is 4.98 Å². The molecule has 110 valence electrons. The van der Waals surface area contributed by atoms with Crippen LogP contribution < -0.4 is 5.73 Å². The van der Waals surface area contributed by atoms with Gasteiger partial charge < -0.3 is 10.3 Å². The summed E-state index contributed by atoms with van der Waals surface area (Å²) in [4.78, 5) is 4.59. The van der Waals surface area contributed by atoms with Crippen molar-refractivity contribution in [2.45, 2.75) is 49.5 Å². The standard InChI is InChI=1S/C16H18ClN3O/c17-13-6-2-1-5-10(13)11-9-12(11)14-19-15(20-21-14)16(18)7-3-4-8-16/h1-2,5-6,11-12H,3-4,7-9,18H2. The Labute approximate surface area is 128 Å². The van der Waals surface area contributed by atoms with Crippen molar-refractivity contribution in [3.63, 3.8) is 0 Å². The maximum absolute atomic E-state index is 6.38. The topological polar surface area (TPSA) is 64.9 Å². The number of aromatic nitrogens is 2. The van der Waals surface area contributed by atoms with Crippen LogP contribution in [0.5, 0.6) is 0 Å². The molecule has 0 saturated heterocycles. The lowest BCUT2D eigenvalue weighted by molar-refractivity contribution is 0.348. The monoisotopic (exact) mass is 303 g/mol. The van der Waals surface area contributed by atoms with Crippen LogP contribution in [-0.2, 0) is 5.54 Å². The van der Waals surface area contributed by atoms with Crippen LogP contribution in [0.25, 0.3) is 0 Å². The van der Waals surface area contributed by atoms with Gasteiger partial charge in [0.15, 0.2) is 5.82 Å². The van der Waals surface area contributed by atoms with E-state index in [0.29, 0.717) is 17.6 Å². The summed E-state index contributed by atoms with van der Waals surface area (Å²) in [7, 11) is 0. The summed E-state index contributed by atoms with van der Waals surface area (Å²) in [6.45, 7) is 0. The van der Waals surface area contributed by atoms with E-state index in [-0.39, 0.29) is 11.5 Å². The first-order valence-corrected chi connectivity index (χ1v) is 7.92. The zero-order chi connectivity index (χ0) is 14.4. The van der Waals surface area contributed by atoms with Gasteiger partial charge in [-0.3, -0.25) is 0 Å². The van der Waals surface area contributed by atoms with E-state index < -0.39 is 0 Å². The SMILES string of the molecule is NC1(c2noc(C3CC3c3ccccc3Cl)n2)CCCC1. The third kappa shape index (κ3) is 2.27. The van der Waals surface area contributed by atoms with Crippen LogP contribution in [-0.4, -0.2) is 10.1 Å². The van der Waals surface area contributed by atoms with Gasteiger partial charge >= 0.3 is 0 Å². The Hall–Kier alpha value is -1.39. The summed E-state index contributed by atoms with van der Waals surface area (Å²) in [5.74, 6) is 2.08. The molecule has 2 N–H and O–H groups in total. The number of nitrogens with zero attached hydrogens (tertiary/aromatic N) is 2. The molecule has 2 aliphatic carbocycles. The predicted molar refractivity (Wildman–Crippen MR) is 80.2 cm³/mol. The summed E-state index contributed by atoms with van der Waals surface area (Å²) in [5.41, 5.74) is 7.17. The molecule has 1 aromatic heterocycles. The van der Waals surface area contributed by atoms with Gasteiger partial charge in [0.2, 0.25) is 5.89 Å². The van der Waals surface area contributed by atoms with Gasteiger partial charge in [0, 0.05) is 10.9 Å². The normalized spacial score (nSPS) is 27.0. The molecule has 2 unspecified atom stereocenters. The van der Waals surface area contributed by atoms with Crippen LogP contribution in [0.15, 0.2) is 28.8 Å². The molecule has 1 aromatic carbocycles. The Kier molecular flexibility index (Phi) is 3.05. The number of hydrogen-bond acceptors (Lipinski definition) is 4.